The van der Waals surface area contributed by atoms with Crippen molar-refractivity contribution >= 4 is 11.6 Å². The van der Waals surface area contributed by atoms with Gasteiger partial charge in [-0.05, 0) is 26.7 Å². The molecule has 0 spiro atoms. The highest BCUT2D eigenvalue weighted by molar-refractivity contribution is 6.05. The Morgan fingerprint density at radius 1 is 1.43 bits per heavy atom. The number of aromatic nitrogens is 2. The van der Waals surface area contributed by atoms with Gasteiger partial charge in [0.1, 0.15) is 11.8 Å². The quantitative estimate of drug-likeness (QED) is 0.939. The molecular formula is C16H18N4O3. The third kappa shape index (κ3) is 3.12. The number of amides is 1. The van der Waals surface area contributed by atoms with Gasteiger partial charge in [0.2, 0.25) is 5.76 Å². The van der Waals surface area contributed by atoms with E-state index in [1.807, 2.05) is 23.9 Å². The summed E-state index contributed by atoms with van der Waals surface area (Å²) in [6.45, 7) is 4.98. The van der Waals surface area contributed by atoms with Gasteiger partial charge in [0.05, 0.1) is 23.0 Å². The highest BCUT2D eigenvalue weighted by Gasteiger charge is 2.20. The molecule has 0 bridgehead atoms. The zero-order valence-corrected chi connectivity index (χ0v) is 13.1. The molecule has 1 amide bonds. The molecule has 3 heterocycles. The predicted molar refractivity (Wildman–Crippen MR) is 82.2 cm³/mol. The largest absolute Gasteiger partial charge is 0.450 e. The second kappa shape index (κ2) is 6.26. The molecule has 2 aromatic rings. The van der Waals surface area contributed by atoms with Gasteiger partial charge in [-0.1, -0.05) is 0 Å². The molecule has 7 heteroatoms. The average Bonchev–Trinajstić information content (AvgIpc) is 3.11. The molecule has 1 saturated heterocycles. The number of furan rings is 1. The van der Waals surface area contributed by atoms with E-state index in [1.165, 1.54) is 6.07 Å². The normalized spacial score (nSPS) is 15.3. The van der Waals surface area contributed by atoms with E-state index in [0.717, 1.165) is 31.7 Å². The summed E-state index contributed by atoms with van der Waals surface area (Å²) in [5.74, 6) is 0.248. The highest BCUT2D eigenvalue weighted by Crippen LogP contribution is 2.24. The topological polar surface area (TPSA) is 93.1 Å². The Bertz CT molecular complexity index is 763. The molecule has 1 aliphatic heterocycles. The fourth-order valence-electron chi connectivity index (χ4n) is 2.69. The van der Waals surface area contributed by atoms with Crippen molar-refractivity contribution in [3.63, 3.8) is 0 Å². The molecule has 1 N–H and O–H groups in total. The number of anilines is 1. The van der Waals surface area contributed by atoms with Crippen molar-refractivity contribution in [2.24, 2.45) is 0 Å². The lowest BCUT2D eigenvalue weighted by molar-refractivity contribution is 0.0661. The number of aryl methyl sites for hydroxylation is 2. The van der Waals surface area contributed by atoms with Gasteiger partial charge >= 0.3 is 0 Å². The van der Waals surface area contributed by atoms with Crippen LogP contribution in [0, 0.1) is 25.2 Å². The fraction of sp³-hybridized carbons (Fsp3) is 0.438. The molecule has 2 aromatic heterocycles. The van der Waals surface area contributed by atoms with Crippen molar-refractivity contribution in [1.29, 1.82) is 5.26 Å². The van der Waals surface area contributed by atoms with E-state index < -0.39 is 0 Å². The van der Waals surface area contributed by atoms with Crippen LogP contribution in [0.25, 0.3) is 0 Å². The van der Waals surface area contributed by atoms with Gasteiger partial charge in [-0.3, -0.25) is 9.48 Å². The van der Waals surface area contributed by atoms with Crippen LogP contribution in [0.2, 0.25) is 0 Å². The second-order valence-corrected chi connectivity index (χ2v) is 5.60. The van der Waals surface area contributed by atoms with E-state index in [4.69, 9.17) is 14.4 Å². The number of carbonyl (C=O) groups is 1. The smallest absolute Gasteiger partial charge is 0.259 e. The van der Waals surface area contributed by atoms with Crippen LogP contribution in [0.5, 0.6) is 0 Å². The third-order valence-electron chi connectivity index (χ3n) is 4.00. The summed E-state index contributed by atoms with van der Waals surface area (Å²) in [6, 6.07) is 3.64. The van der Waals surface area contributed by atoms with Crippen LogP contribution in [0.3, 0.4) is 0 Å². The van der Waals surface area contributed by atoms with Crippen molar-refractivity contribution in [3.8, 4) is 6.07 Å². The lowest BCUT2D eigenvalue weighted by Gasteiger charge is -2.22. The molecule has 0 radical (unpaired) electrons. The first-order chi connectivity index (χ1) is 11.1. The van der Waals surface area contributed by atoms with Crippen LogP contribution in [-0.2, 0) is 4.74 Å². The van der Waals surface area contributed by atoms with Crippen molar-refractivity contribution in [2.75, 3.05) is 18.5 Å². The van der Waals surface area contributed by atoms with Gasteiger partial charge in [-0.15, -0.1) is 0 Å². The van der Waals surface area contributed by atoms with Crippen molar-refractivity contribution in [2.45, 2.75) is 32.7 Å². The van der Waals surface area contributed by atoms with E-state index in [1.54, 1.807) is 6.92 Å². The number of rotatable bonds is 3. The second-order valence-electron chi connectivity index (χ2n) is 5.60. The minimum atomic E-state index is -0.303. The van der Waals surface area contributed by atoms with Crippen LogP contribution in [0.4, 0.5) is 5.69 Å². The minimum Gasteiger partial charge on any atom is -0.450 e. The first kappa shape index (κ1) is 15.3. The SMILES string of the molecule is Cc1nn(C2CCOCC2)cc1NC(=O)c1cc(C#N)oc1C. The Morgan fingerprint density at radius 2 is 2.17 bits per heavy atom. The lowest BCUT2D eigenvalue weighted by Crippen LogP contribution is -2.20. The molecule has 3 rings (SSSR count). The molecule has 23 heavy (non-hydrogen) atoms. The van der Waals surface area contributed by atoms with E-state index in [0.29, 0.717) is 23.1 Å². The maximum absolute atomic E-state index is 12.4. The Labute approximate surface area is 133 Å². The van der Waals surface area contributed by atoms with Gasteiger partial charge in [-0.2, -0.15) is 10.4 Å². The molecule has 0 atom stereocenters. The molecule has 0 unspecified atom stereocenters. The lowest BCUT2D eigenvalue weighted by atomic mass is 10.1. The van der Waals surface area contributed by atoms with Crippen LogP contribution in [-0.4, -0.2) is 28.9 Å². The zero-order chi connectivity index (χ0) is 16.4. The highest BCUT2D eigenvalue weighted by atomic mass is 16.5. The Balaban J connectivity index is 1.77. The van der Waals surface area contributed by atoms with Crippen molar-refractivity contribution in [1.82, 2.24) is 9.78 Å². The maximum Gasteiger partial charge on any atom is 0.259 e. The Hall–Kier alpha value is -2.59. The minimum absolute atomic E-state index is 0.127. The monoisotopic (exact) mass is 314 g/mol. The number of nitrogens with one attached hydrogen (secondary N) is 1. The van der Waals surface area contributed by atoms with E-state index >= 15 is 0 Å². The molecular weight excluding hydrogens is 296 g/mol. The van der Waals surface area contributed by atoms with Gasteiger partial charge in [0, 0.05) is 25.5 Å². The first-order valence-corrected chi connectivity index (χ1v) is 7.54. The number of nitrogens with zero attached hydrogens (tertiary/aromatic N) is 3. The predicted octanol–water partition coefficient (Wildman–Crippen LogP) is 2.57. The zero-order valence-electron chi connectivity index (χ0n) is 13.1. The Morgan fingerprint density at radius 3 is 2.83 bits per heavy atom. The van der Waals surface area contributed by atoms with Gasteiger partial charge in [-0.25, -0.2) is 0 Å². The van der Waals surface area contributed by atoms with Gasteiger partial charge < -0.3 is 14.5 Å². The molecule has 1 fully saturated rings. The summed E-state index contributed by atoms with van der Waals surface area (Å²) >= 11 is 0. The summed E-state index contributed by atoms with van der Waals surface area (Å²) in [5, 5.41) is 16.2. The first-order valence-electron chi connectivity index (χ1n) is 7.54. The van der Waals surface area contributed by atoms with Crippen LogP contribution in [0.15, 0.2) is 16.7 Å². The van der Waals surface area contributed by atoms with Crippen molar-refractivity contribution < 1.29 is 13.9 Å². The molecule has 1 aliphatic rings. The van der Waals surface area contributed by atoms with Crippen LogP contribution in [0.1, 0.15) is 46.5 Å². The summed E-state index contributed by atoms with van der Waals surface area (Å²) in [5.41, 5.74) is 1.78. The fourth-order valence-corrected chi connectivity index (χ4v) is 2.69. The van der Waals surface area contributed by atoms with Crippen LogP contribution < -0.4 is 5.32 Å². The van der Waals surface area contributed by atoms with Gasteiger partial charge in [0.25, 0.3) is 5.91 Å². The standard InChI is InChI=1S/C16H18N4O3/c1-10-15(9-20(19-10)12-3-5-22-6-4-12)18-16(21)14-7-13(8-17)23-11(14)2/h7,9,12H,3-6H2,1-2H3,(H,18,21). The molecule has 120 valence electrons. The number of hydrogen-bond donors (Lipinski definition) is 1. The summed E-state index contributed by atoms with van der Waals surface area (Å²) in [4.78, 5) is 12.4. The number of hydrogen-bond acceptors (Lipinski definition) is 5. The van der Waals surface area contributed by atoms with E-state index in [-0.39, 0.29) is 11.7 Å². The van der Waals surface area contributed by atoms with Gasteiger partial charge in [0.15, 0.2) is 0 Å². The van der Waals surface area contributed by atoms with Crippen molar-refractivity contribution in [3.05, 3.63) is 35.0 Å². The number of ether oxygens (including phenoxy) is 1. The maximum atomic E-state index is 12.4. The summed E-state index contributed by atoms with van der Waals surface area (Å²) in [6.07, 6.45) is 3.69. The molecule has 0 aromatic carbocycles. The third-order valence-corrected chi connectivity index (χ3v) is 4.00. The number of nitriles is 1. The summed E-state index contributed by atoms with van der Waals surface area (Å²) < 4.78 is 12.5. The van der Waals surface area contributed by atoms with E-state index in [9.17, 15) is 4.79 Å². The van der Waals surface area contributed by atoms with E-state index in [2.05, 4.69) is 10.4 Å². The number of carbonyl (C=O) groups excluding carboxylic acids is 1. The Kier molecular flexibility index (Phi) is 4.17. The van der Waals surface area contributed by atoms with Crippen LogP contribution >= 0.6 is 0 Å². The molecule has 0 saturated carbocycles. The average molecular weight is 314 g/mol. The summed E-state index contributed by atoms with van der Waals surface area (Å²) in [7, 11) is 0. The molecule has 7 nitrogen and oxygen atoms in total. The molecule has 0 aliphatic carbocycles.